The Morgan fingerprint density at radius 2 is 1.68 bits per heavy atom. The Kier molecular flexibility index (Phi) is 6.53. The van der Waals surface area contributed by atoms with E-state index in [1.165, 1.54) is 14.2 Å². The van der Waals surface area contributed by atoms with Crippen LogP contribution in [0.4, 0.5) is 0 Å². The molecule has 2 aromatic heterocycles. The van der Waals surface area contributed by atoms with Gasteiger partial charge in [-0.15, -0.1) is 0 Å². The molecule has 8 nitrogen and oxygen atoms in total. The number of aromatic amines is 1. The lowest BCUT2D eigenvalue weighted by Gasteiger charge is -2.17. The number of benzene rings is 1. The maximum Gasteiger partial charge on any atom is 0.272 e. The Morgan fingerprint density at radius 1 is 1.07 bits per heavy atom. The summed E-state index contributed by atoms with van der Waals surface area (Å²) in [5, 5.41) is 27.6. The van der Waals surface area contributed by atoms with Gasteiger partial charge in [-0.1, -0.05) is 0 Å². The van der Waals surface area contributed by atoms with Gasteiger partial charge in [0.25, 0.3) is 5.56 Å². The van der Waals surface area contributed by atoms with Crippen molar-refractivity contribution in [2.24, 2.45) is 0 Å². The number of aromatic nitrogens is 3. The first kappa shape index (κ1) is 20.6. The van der Waals surface area contributed by atoms with Gasteiger partial charge in [0, 0.05) is 44.2 Å². The predicted octanol–water partition coefficient (Wildman–Crippen LogP) is 1.76. The van der Waals surface area contributed by atoms with Crippen LogP contribution in [0.15, 0.2) is 39.9 Å². The first-order valence-electron chi connectivity index (χ1n) is 8.50. The van der Waals surface area contributed by atoms with Crippen LogP contribution >= 0.6 is 15.9 Å². The van der Waals surface area contributed by atoms with Gasteiger partial charge < -0.3 is 19.7 Å². The summed E-state index contributed by atoms with van der Waals surface area (Å²) in [5.41, 5.74) is 2.39. The summed E-state index contributed by atoms with van der Waals surface area (Å²) in [6, 6.07) is 7.07. The third kappa shape index (κ3) is 4.45. The van der Waals surface area contributed by atoms with Gasteiger partial charge in [-0.3, -0.25) is 4.79 Å². The molecule has 0 aliphatic heterocycles. The molecule has 0 saturated carbocycles. The van der Waals surface area contributed by atoms with E-state index in [0.717, 1.165) is 11.1 Å². The number of rotatable bonds is 7. The number of nitrogens with zero attached hydrogens (tertiary/aromatic N) is 2. The number of halogens is 1. The minimum Gasteiger partial charge on any atom is -0.368 e. The van der Waals surface area contributed by atoms with E-state index in [4.69, 9.17) is 9.47 Å². The van der Waals surface area contributed by atoms with Gasteiger partial charge in [0.2, 0.25) is 0 Å². The lowest BCUT2D eigenvalue weighted by Crippen LogP contribution is -2.19. The first-order valence-corrected chi connectivity index (χ1v) is 9.30. The number of hydrogen-bond acceptors (Lipinski definition) is 7. The third-order valence-electron chi connectivity index (χ3n) is 4.44. The zero-order valence-corrected chi connectivity index (χ0v) is 16.9. The topological polar surface area (TPSA) is 118 Å². The van der Waals surface area contributed by atoms with E-state index in [9.17, 15) is 15.0 Å². The highest BCUT2D eigenvalue weighted by Crippen LogP contribution is 2.29. The monoisotopic (exact) mass is 449 g/mol. The number of aliphatic hydroxyl groups is 2. The van der Waals surface area contributed by atoms with E-state index in [0.29, 0.717) is 26.6 Å². The van der Waals surface area contributed by atoms with Gasteiger partial charge in [-0.2, -0.15) is 5.10 Å². The summed E-state index contributed by atoms with van der Waals surface area (Å²) in [6.45, 7) is 0. The molecule has 2 heterocycles. The maximum atomic E-state index is 12.4. The SMILES string of the molecule is COC(O)Cc1cc2c(-c3ccnc(Br)c3)n[nH]c(=O)c2cc1CC(O)OC. The second-order valence-electron chi connectivity index (χ2n) is 6.22. The fourth-order valence-electron chi connectivity index (χ4n) is 2.99. The quantitative estimate of drug-likeness (QED) is 0.371. The molecular weight excluding hydrogens is 430 g/mol. The van der Waals surface area contributed by atoms with Crippen LogP contribution in [0.2, 0.25) is 0 Å². The molecule has 9 heteroatoms. The lowest BCUT2D eigenvalue weighted by molar-refractivity contribution is -0.0760. The molecule has 3 N–H and O–H groups in total. The number of aliphatic hydroxyl groups excluding tert-OH is 2. The zero-order valence-electron chi connectivity index (χ0n) is 15.3. The minimum atomic E-state index is -1.03. The maximum absolute atomic E-state index is 12.4. The van der Waals surface area contributed by atoms with E-state index >= 15 is 0 Å². The normalized spacial score (nSPS) is 13.6. The van der Waals surface area contributed by atoms with Crippen molar-refractivity contribution >= 4 is 26.7 Å². The van der Waals surface area contributed by atoms with Crippen LogP contribution in [-0.4, -0.2) is 52.2 Å². The van der Waals surface area contributed by atoms with E-state index < -0.39 is 12.6 Å². The molecule has 0 spiro atoms. The lowest BCUT2D eigenvalue weighted by atomic mass is 9.95. The van der Waals surface area contributed by atoms with Gasteiger partial charge in [-0.05, 0) is 51.3 Å². The highest BCUT2D eigenvalue weighted by molar-refractivity contribution is 9.10. The van der Waals surface area contributed by atoms with E-state index in [1.54, 1.807) is 30.5 Å². The van der Waals surface area contributed by atoms with Crippen LogP contribution in [0.25, 0.3) is 22.0 Å². The number of fused-ring (bicyclic) bond motifs is 1. The molecule has 2 unspecified atom stereocenters. The molecule has 3 rings (SSSR count). The second kappa shape index (κ2) is 8.89. The zero-order chi connectivity index (χ0) is 20.3. The molecule has 0 fully saturated rings. The Labute approximate surface area is 169 Å². The Balaban J connectivity index is 2.24. The molecule has 0 aliphatic carbocycles. The van der Waals surface area contributed by atoms with Gasteiger partial charge >= 0.3 is 0 Å². The second-order valence-corrected chi connectivity index (χ2v) is 7.04. The van der Waals surface area contributed by atoms with Crippen LogP contribution in [0.1, 0.15) is 11.1 Å². The Hall–Kier alpha value is -2.17. The van der Waals surface area contributed by atoms with Crippen molar-refractivity contribution in [1.82, 2.24) is 15.2 Å². The van der Waals surface area contributed by atoms with Crippen molar-refractivity contribution in [3.05, 3.63) is 56.5 Å². The molecule has 0 amide bonds. The van der Waals surface area contributed by atoms with Crippen molar-refractivity contribution in [3.63, 3.8) is 0 Å². The molecule has 0 radical (unpaired) electrons. The molecule has 0 saturated heterocycles. The van der Waals surface area contributed by atoms with Gasteiger partial charge in [0.1, 0.15) is 4.60 Å². The summed E-state index contributed by atoms with van der Waals surface area (Å²) in [6.07, 6.45) is -0.0749. The molecule has 0 aliphatic rings. The van der Waals surface area contributed by atoms with E-state index in [-0.39, 0.29) is 18.4 Å². The van der Waals surface area contributed by atoms with E-state index in [2.05, 4.69) is 31.1 Å². The predicted molar refractivity (Wildman–Crippen MR) is 107 cm³/mol. The van der Waals surface area contributed by atoms with Crippen LogP contribution in [0, 0.1) is 0 Å². The minimum absolute atomic E-state index is 0.163. The van der Waals surface area contributed by atoms with Crippen molar-refractivity contribution < 1.29 is 19.7 Å². The molecule has 1 aromatic carbocycles. The number of pyridine rings is 1. The fourth-order valence-corrected chi connectivity index (χ4v) is 3.36. The summed E-state index contributed by atoms with van der Waals surface area (Å²) < 4.78 is 10.6. The van der Waals surface area contributed by atoms with Gasteiger partial charge in [0.05, 0.1) is 11.1 Å². The van der Waals surface area contributed by atoms with Gasteiger partial charge in [0.15, 0.2) is 12.6 Å². The average molecular weight is 450 g/mol. The van der Waals surface area contributed by atoms with Crippen LogP contribution < -0.4 is 5.56 Å². The average Bonchev–Trinajstić information content (AvgIpc) is 2.68. The summed E-state index contributed by atoms with van der Waals surface area (Å²) in [7, 11) is 2.80. The van der Waals surface area contributed by atoms with Crippen molar-refractivity contribution in [2.75, 3.05) is 14.2 Å². The Morgan fingerprint density at radius 3 is 2.25 bits per heavy atom. The number of methoxy groups -OCH3 is 2. The molecule has 2 atom stereocenters. The number of nitrogens with one attached hydrogen (secondary N) is 1. The number of H-pyrrole nitrogens is 1. The van der Waals surface area contributed by atoms with Crippen molar-refractivity contribution in [2.45, 2.75) is 25.4 Å². The van der Waals surface area contributed by atoms with Gasteiger partial charge in [-0.25, -0.2) is 10.1 Å². The smallest absolute Gasteiger partial charge is 0.272 e. The van der Waals surface area contributed by atoms with E-state index in [1.807, 2.05) is 0 Å². The first-order chi connectivity index (χ1) is 13.4. The molecule has 28 heavy (non-hydrogen) atoms. The van der Waals surface area contributed by atoms with Crippen molar-refractivity contribution in [1.29, 1.82) is 0 Å². The number of hydrogen-bond donors (Lipinski definition) is 3. The highest BCUT2D eigenvalue weighted by atomic mass is 79.9. The fraction of sp³-hybridized carbons (Fsp3) is 0.316. The summed E-state index contributed by atoms with van der Waals surface area (Å²) in [5.74, 6) is 0. The molecular formula is C19H20BrN3O5. The highest BCUT2D eigenvalue weighted by Gasteiger charge is 2.17. The van der Waals surface area contributed by atoms with Crippen LogP contribution in [0.3, 0.4) is 0 Å². The molecule has 3 aromatic rings. The number of ether oxygens (including phenoxy) is 2. The molecule has 148 valence electrons. The standard InChI is InChI=1S/C19H20BrN3O5/c1-27-16(24)8-11-5-13-14(6-12(11)9-17(25)28-2)19(26)23-22-18(13)10-3-4-21-15(20)7-10/h3-7,16-17,24-25H,8-9H2,1-2H3,(H,23,26). The van der Waals surface area contributed by atoms with Crippen molar-refractivity contribution in [3.8, 4) is 11.3 Å². The largest absolute Gasteiger partial charge is 0.368 e. The van der Waals surface area contributed by atoms with Crippen LogP contribution in [-0.2, 0) is 22.3 Å². The summed E-state index contributed by atoms with van der Waals surface area (Å²) >= 11 is 3.34. The third-order valence-corrected chi connectivity index (χ3v) is 4.88. The Bertz CT molecular complexity index is 1040. The summed E-state index contributed by atoms with van der Waals surface area (Å²) in [4.78, 5) is 16.5. The molecule has 0 bridgehead atoms. The van der Waals surface area contributed by atoms with Crippen LogP contribution in [0.5, 0.6) is 0 Å².